The van der Waals surface area contributed by atoms with Gasteiger partial charge in [0.05, 0.1) is 23.5 Å². The topological polar surface area (TPSA) is 64.4 Å². The van der Waals surface area contributed by atoms with Gasteiger partial charge in [-0.25, -0.2) is 0 Å². The highest BCUT2D eigenvalue weighted by molar-refractivity contribution is 5.95. The molecule has 142 valence electrons. The van der Waals surface area contributed by atoms with E-state index in [4.69, 9.17) is 4.42 Å². The number of halogens is 3. The number of hydrogen-bond donors (Lipinski definition) is 1. The summed E-state index contributed by atoms with van der Waals surface area (Å²) in [6.45, 7) is 9.32. The van der Waals surface area contributed by atoms with Crippen molar-refractivity contribution in [2.24, 2.45) is 0 Å². The van der Waals surface area contributed by atoms with Crippen LogP contribution in [0.15, 0.2) is 28.8 Å². The van der Waals surface area contributed by atoms with Crippen LogP contribution in [-0.4, -0.2) is 17.3 Å². The SMILES string of the molecule is Cc1oc(C(C)(C)C)cc1C(=O)NC(C)c1ccc(OC(F)(F)F)cn1. The Morgan fingerprint density at radius 3 is 2.38 bits per heavy atom. The molecule has 0 spiro atoms. The van der Waals surface area contributed by atoms with Gasteiger partial charge in [0.1, 0.15) is 17.3 Å². The van der Waals surface area contributed by atoms with Gasteiger partial charge in [-0.3, -0.25) is 9.78 Å². The van der Waals surface area contributed by atoms with Crippen LogP contribution < -0.4 is 10.1 Å². The molecule has 0 fully saturated rings. The van der Waals surface area contributed by atoms with E-state index in [2.05, 4.69) is 15.0 Å². The number of aromatic nitrogens is 1. The molecule has 2 aromatic heterocycles. The first-order valence-corrected chi connectivity index (χ1v) is 8.00. The maximum Gasteiger partial charge on any atom is 0.573 e. The molecule has 5 nitrogen and oxygen atoms in total. The van der Waals surface area contributed by atoms with Crippen LogP contribution in [-0.2, 0) is 5.41 Å². The number of carbonyl (C=O) groups excluding carboxylic acids is 1. The molecule has 0 aliphatic rings. The molecule has 1 unspecified atom stereocenters. The van der Waals surface area contributed by atoms with Crippen molar-refractivity contribution in [2.75, 3.05) is 0 Å². The molecule has 0 saturated heterocycles. The van der Waals surface area contributed by atoms with E-state index in [0.29, 0.717) is 22.8 Å². The number of alkyl halides is 3. The summed E-state index contributed by atoms with van der Waals surface area (Å²) in [6.07, 6.45) is -3.81. The molecule has 0 bridgehead atoms. The summed E-state index contributed by atoms with van der Waals surface area (Å²) in [5, 5.41) is 2.76. The third-order valence-electron chi connectivity index (χ3n) is 3.69. The quantitative estimate of drug-likeness (QED) is 0.849. The largest absolute Gasteiger partial charge is 0.573 e. The van der Waals surface area contributed by atoms with Crippen LogP contribution in [0.1, 0.15) is 61.3 Å². The molecule has 0 aliphatic heterocycles. The van der Waals surface area contributed by atoms with Crippen molar-refractivity contribution >= 4 is 5.91 Å². The number of hydrogen-bond acceptors (Lipinski definition) is 4. The molecule has 1 N–H and O–H groups in total. The summed E-state index contributed by atoms with van der Waals surface area (Å²) in [4.78, 5) is 16.4. The smallest absolute Gasteiger partial charge is 0.465 e. The van der Waals surface area contributed by atoms with E-state index < -0.39 is 18.2 Å². The Morgan fingerprint density at radius 1 is 1.27 bits per heavy atom. The molecule has 1 atom stereocenters. The second kappa shape index (κ2) is 7.01. The van der Waals surface area contributed by atoms with E-state index in [1.54, 1.807) is 19.9 Å². The van der Waals surface area contributed by atoms with Crippen molar-refractivity contribution in [2.45, 2.75) is 52.4 Å². The van der Waals surface area contributed by atoms with Gasteiger partial charge in [0.2, 0.25) is 0 Å². The van der Waals surface area contributed by atoms with Crippen molar-refractivity contribution in [1.82, 2.24) is 10.3 Å². The second-order valence-corrected chi connectivity index (χ2v) is 6.99. The zero-order valence-electron chi connectivity index (χ0n) is 15.2. The fourth-order valence-electron chi connectivity index (χ4n) is 2.27. The Hall–Kier alpha value is -2.51. The van der Waals surface area contributed by atoms with Crippen molar-refractivity contribution in [3.05, 3.63) is 47.2 Å². The average molecular weight is 370 g/mol. The summed E-state index contributed by atoms with van der Waals surface area (Å²) >= 11 is 0. The van der Waals surface area contributed by atoms with Crippen LogP contribution in [0.4, 0.5) is 13.2 Å². The van der Waals surface area contributed by atoms with Crippen LogP contribution in [0.5, 0.6) is 5.75 Å². The highest BCUT2D eigenvalue weighted by Gasteiger charge is 2.31. The zero-order chi connectivity index (χ0) is 19.7. The fraction of sp³-hybridized carbons (Fsp3) is 0.444. The van der Waals surface area contributed by atoms with Crippen LogP contribution in [0.25, 0.3) is 0 Å². The average Bonchev–Trinajstić information content (AvgIpc) is 2.88. The minimum Gasteiger partial charge on any atom is -0.465 e. The summed E-state index contributed by atoms with van der Waals surface area (Å²) in [5.74, 6) is 0.438. The molecular weight excluding hydrogens is 349 g/mol. The highest BCUT2D eigenvalue weighted by Crippen LogP contribution is 2.27. The van der Waals surface area contributed by atoms with Crippen LogP contribution in [0.3, 0.4) is 0 Å². The van der Waals surface area contributed by atoms with Crippen molar-refractivity contribution in [1.29, 1.82) is 0 Å². The van der Waals surface area contributed by atoms with E-state index in [1.807, 2.05) is 20.8 Å². The van der Waals surface area contributed by atoms with Gasteiger partial charge >= 0.3 is 6.36 Å². The third kappa shape index (κ3) is 5.00. The predicted octanol–water partition coefficient (Wildman–Crippen LogP) is 4.67. The lowest BCUT2D eigenvalue weighted by Crippen LogP contribution is -2.27. The van der Waals surface area contributed by atoms with Crippen molar-refractivity contribution in [3.8, 4) is 5.75 Å². The van der Waals surface area contributed by atoms with Crippen LogP contribution in [0.2, 0.25) is 0 Å². The maximum atomic E-state index is 12.5. The molecule has 2 aromatic rings. The number of nitrogens with one attached hydrogen (secondary N) is 1. The van der Waals surface area contributed by atoms with Gasteiger partial charge in [-0.05, 0) is 32.0 Å². The number of nitrogens with zero attached hydrogens (tertiary/aromatic N) is 1. The van der Waals surface area contributed by atoms with E-state index in [-0.39, 0.29) is 11.3 Å². The lowest BCUT2D eigenvalue weighted by atomic mass is 9.93. The molecule has 8 heteroatoms. The minimum atomic E-state index is -4.77. The maximum absolute atomic E-state index is 12.5. The molecular formula is C18H21F3N2O3. The summed E-state index contributed by atoms with van der Waals surface area (Å²) in [7, 11) is 0. The van der Waals surface area contributed by atoms with Crippen LogP contribution >= 0.6 is 0 Å². The molecule has 0 saturated carbocycles. The monoisotopic (exact) mass is 370 g/mol. The van der Waals surface area contributed by atoms with Crippen molar-refractivity contribution in [3.63, 3.8) is 0 Å². The van der Waals surface area contributed by atoms with E-state index in [9.17, 15) is 18.0 Å². The first-order valence-electron chi connectivity index (χ1n) is 8.00. The molecule has 0 aliphatic carbocycles. The van der Waals surface area contributed by atoms with Gasteiger partial charge in [-0.2, -0.15) is 0 Å². The van der Waals surface area contributed by atoms with Gasteiger partial charge in [-0.1, -0.05) is 20.8 Å². The number of rotatable bonds is 4. The van der Waals surface area contributed by atoms with Gasteiger partial charge in [0.15, 0.2) is 0 Å². The number of furan rings is 1. The van der Waals surface area contributed by atoms with Gasteiger partial charge in [0, 0.05) is 5.41 Å². The Balaban J connectivity index is 2.09. The van der Waals surface area contributed by atoms with Crippen molar-refractivity contribution < 1.29 is 27.1 Å². The van der Waals surface area contributed by atoms with Gasteiger partial charge in [0.25, 0.3) is 5.91 Å². The Morgan fingerprint density at radius 2 is 1.92 bits per heavy atom. The van der Waals surface area contributed by atoms with Gasteiger partial charge in [-0.15, -0.1) is 13.2 Å². The molecule has 2 heterocycles. The lowest BCUT2D eigenvalue weighted by molar-refractivity contribution is -0.274. The predicted molar refractivity (Wildman–Crippen MR) is 88.9 cm³/mol. The molecule has 0 aromatic carbocycles. The Labute approximate surface area is 149 Å². The number of amides is 1. The van der Waals surface area contributed by atoms with E-state index in [1.165, 1.54) is 6.07 Å². The highest BCUT2D eigenvalue weighted by atomic mass is 19.4. The summed E-state index contributed by atoms with van der Waals surface area (Å²) in [5.41, 5.74) is 0.592. The number of pyridine rings is 1. The van der Waals surface area contributed by atoms with E-state index >= 15 is 0 Å². The lowest BCUT2D eigenvalue weighted by Gasteiger charge is -2.14. The number of ether oxygens (including phenoxy) is 1. The minimum absolute atomic E-state index is 0.231. The summed E-state index contributed by atoms with van der Waals surface area (Å²) < 4.78 is 45.9. The Bertz CT molecular complexity index is 774. The van der Waals surface area contributed by atoms with Crippen LogP contribution in [0, 0.1) is 6.92 Å². The first kappa shape index (κ1) is 19.8. The standard InChI is InChI=1S/C18H21F3N2O3/c1-10(14-7-6-12(9-22-14)26-18(19,20)21)23-16(24)13-8-15(17(3,4)5)25-11(13)2/h6-10H,1-5H3,(H,23,24). The third-order valence-corrected chi connectivity index (χ3v) is 3.69. The molecule has 1 amide bonds. The summed E-state index contributed by atoms with van der Waals surface area (Å²) in [6, 6.07) is 3.72. The normalized spacial score (nSPS) is 13.4. The Kier molecular flexibility index (Phi) is 5.34. The van der Waals surface area contributed by atoms with Gasteiger partial charge < -0.3 is 14.5 Å². The number of carbonyl (C=O) groups is 1. The molecule has 26 heavy (non-hydrogen) atoms. The number of aryl methyl sites for hydroxylation is 1. The second-order valence-electron chi connectivity index (χ2n) is 6.99. The zero-order valence-corrected chi connectivity index (χ0v) is 15.2. The first-order chi connectivity index (χ1) is 11.9. The van der Waals surface area contributed by atoms with E-state index in [0.717, 1.165) is 12.3 Å². The molecule has 2 rings (SSSR count). The molecule has 0 radical (unpaired) electrons. The fourth-order valence-corrected chi connectivity index (χ4v) is 2.27.